The first-order valence-electron chi connectivity index (χ1n) is 12.0. The van der Waals surface area contributed by atoms with Gasteiger partial charge >= 0.3 is 0 Å². The largest absolute Gasteiger partial charge is 0.494 e. The molecule has 2 rings (SSSR count). The van der Waals surface area contributed by atoms with Crippen molar-refractivity contribution in [3.05, 3.63) is 42.5 Å². The van der Waals surface area contributed by atoms with Crippen molar-refractivity contribution in [2.45, 2.75) is 51.3 Å². The lowest BCUT2D eigenvalue weighted by atomic mass is 9.99. The summed E-state index contributed by atoms with van der Waals surface area (Å²) < 4.78 is 44.5. The number of nitrogens with one attached hydrogen (secondary N) is 1. The van der Waals surface area contributed by atoms with E-state index in [1.54, 1.807) is 24.3 Å². The van der Waals surface area contributed by atoms with Crippen molar-refractivity contribution in [1.82, 2.24) is 5.32 Å². The van der Waals surface area contributed by atoms with Gasteiger partial charge in [-0.05, 0) is 55.7 Å². The van der Waals surface area contributed by atoms with E-state index in [9.17, 15) is 13.2 Å². The molecule has 0 spiro atoms. The first kappa shape index (κ1) is 28.3. The number of benzene rings is 2. The zero-order valence-electron chi connectivity index (χ0n) is 21.4. The fraction of sp³-hybridized carbons (Fsp3) is 0.500. The number of nitrogens with zero attached hydrogens (tertiary/aromatic N) is 1. The van der Waals surface area contributed by atoms with Gasteiger partial charge in [0.1, 0.15) is 12.3 Å². The highest BCUT2D eigenvalue weighted by Gasteiger charge is 2.28. The van der Waals surface area contributed by atoms with Gasteiger partial charge in [0.25, 0.3) is 10.0 Å². The fourth-order valence-electron chi connectivity index (χ4n) is 3.68. The molecule has 0 bridgehead atoms. The summed E-state index contributed by atoms with van der Waals surface area (Å²) in [7, 11) is -1.18. The smallest absolute Gasteiger partial charge is 0.264 e. The Balaban J connectivity index is 2.35. The minimum absolute atomic E-state index is 0.00813. The van der Waals surface area contributed by atoms with E-state index in [-0.39, 0.29) is 23.1 Å². The Kier molecular flexibility index (Phi) is 11.2. The molecule has 0 heterocycles. The predicted molar refractivity (Wildman–Crippen MR) is 138 cm³/mol. The van der Waals surface area contributed by atoms with Crippen LogP contribution < -0.4 is 23.8 Å². The summed E-state index contributed by atoms with van der Waals surface area (Å²) in [5.74, 6) is 1.31. The molecule has 0 saturated heterocycles. The standard InChI is InChI=1S/C26H38N2O6S/c1-6-9-10-20(7-2)18-27-26(29)19-28(21-11-13-22(14-12-21)34-8-3)35(30,31)23-15-16-24(32-4)25(17-23)33-5/h11-17,20H,6-10,18-19H2,1-5H3,(H,27,29)/t20-/m0/s1. The molecule has 0 saturated carbocycles. The molecule has 0 unspecified atom stereocenters. The summed E-state index contributed by atoms with van der Waals surface area (Å²) in [5.41, 5.74) is 0.358. The Morgan fingerprint density at radius 1 is 1.00 bits per heavy atom. The van der Waals surface area contributed by atoms with Crippen LogP contribution in [0.3, 0.4) is 0 Å². The van der Waals surface area contributed by atoms with Gasteiger partial charge < -0.3 is 19.5 Å². The lowest BCUT2D eigenvalue weighted by Crippen LogP contribution is -2.42. The zero-order valence-corrected chi connectivity index (χ0v) is 22.2. The molecule has 0 aliphatic carbocycles. The van der Waals surface area contributed by atoms with Crippen LogP contribution in [0.1, 0.15) is 46.5 Å². The second-order valence-corrected chi connectivity index (χ2v) is 10.0. The average molecular weight is 507 g/mol. The highest BCUT2D eigenvalue weighted by molar-refractivity contribution is 7.92. The summed E-state index contributed by atoms with van der Waals surface area (Å²) in [6.07, 6.45) is 4.17. The Labute approximate surface area is 209 Å². The number of carbonyl (C=O) groups is 1. The molecule has 1 amide bonds. The number of amides is 1. The minimum Gasteiger partial charge on any atom is -0.494 e. The number of hydrogen-bond acceptors (Lipinski definition) is 6. The summed E-state index contributed by atoms with van der Waals surface area (Å²) in [4.78, 5) is 12.9. The van der Waals surface area contributed by atoms with E-state index in [0.29, 0.717) is 36.3 Å². The maximum absolute atomic E-state index is 13.7. The number of anilines is 1. The molecule has 2 aromatic rings. The molecule has 1 N–H and O–H groups in total. The third kappa shape index (κ3) is 7.78. The number of hydrogen-bond donors (Lipinski definition) is 1. The maximum Gasteiger partial charge on any atom is 0.264 e. The Morgan fingerprint density at radius 2 is 1.69 bits per heavy atom. The third-order valence-corrected chi connectivity index (χ3v) is 7.57. The Morgan fingerprint density at radius 3 is 2.26 bits per heavy atom. The summed E-state index contributed by atoms with van der Waals surface area (Å²) in [6.45, 7) is 6.76. The van der Waals surface area contributed by atoms with E-state index >= 15 is 0 Å². The molecule has 194 valence electrons. The average Bonchev–Trinajstić information content (AvgIpc) is 2.87. The maximum atomic E-state index is 13.7. The Bertz CT molecular complexity index is 1040. The molecule has 0 aromatic heterocycles. The molecule has 0 aliphatic heterocycles. The predicted octanol–water partition coefficient (Wildman–Crippen LogP) is 4.63. The highest BCUT2D eigenvalue weighted by atomic mass is 32.2. The zero-order chi connectivity index (χ0) is 25.8. The normalized spacial score (nSPS) is 12.0. The van der Waals surface area contributed by atoms with Gasteiger partial charge in [-0.25, -0.2) is 8.42 Å². The van der Waals surface area contributed by atoms with E-state index in [2.05, 4.69) is 19.2 Å². The van der Waals surface area contributed by atoms with Gasteiger partial charge in [-0.3, -0.25) is 9.10 Å². The van der Waals surface area contributed by atoms with Gasteiger partial charge in [-0.15, -0.1) is 0 Å². The molecule has 1 atom stereocenters. The lowest BCUT2D eigenvalue weighted by molar-refractivity contribution is -0.119. The van der Waals surface area contributed by atoms with Crippen LogP contribution in [-0.4, -0.2) is 48.2 Å². The SMILES string of the molecule is CCCC[C@H](CC)CNC(=O)CN(c1ccc(OCC)cc1)S(=O)(=O)c1ccc(OC)c(OC)c1. The minimum atomic E-state index is -4.09. The van der Waals surface area contributed by atoms with Crippen LogP contribution in [0, 0.1) is 5.92 Å². The van der Waals surface area contributed by atoms with Crippen molar-refractivity contribution in [1.29, 1.82) is 0 Å². The van der Waals surface area contributed by atoms with Crippen molar-refractivity contribution >= 4 is 21.6 Å². The van der Waals surface area contributed by atoms with Crippen LogP contribution in [0.2, 0.25) is 0 Å². The van der Waals surface area contributed by atoms with Gasteiger partial charge in [0.2, 0.25) is 5.91 Å². The molecule has 35 heavy (non-hydrogen) atoms. The molecule has 8 nitrogen and oxygen atoms in total. The molecular formula is C26H38N2O6S. The number of carbonyl (C=O) groups excluding carboxylic acids is 1. The van der Waals surface area contributed by atoms with Crippen molar-refractivity contribution < 1.29 is 27.4 Å². The van der Waals surface area contributed by atoms with Crippen molar-refractivity contribution in [2.24, 2.45) is 5.92 Å². The van der Waals surface area contributed by atoms with Crippen LogP contribution in [0.4, 0.5) is 5.69 Å². The van der Waals surface area contributed by atoms with Crippen LogP contribution in [0.15, 0.2) is 47.4 Å². The van der Waals surface area contributed by atoms with E-state index in [1.807, 2.05) is 6.92 Å². The van der Waals surface area contributed by atoms with Crippen molar-refractivity contribution in [3.63, 3.8) is 0 Å². The first-order chi connectivity index (χ1) is 16.8. The van der Waals surface area contributed by atoms with Gasteiger partial charge in [0, 0.05) is 12.6 Å². The second kappa shape index (κ2) is 13.8. The van der Waals surface area contributed by atoms with E-state index in [1.165, 1.54) is 32.4 Å². The van der Waals surface area contributed by atoms with Crippen LogP contribution in [0.5, 0.6) is 17.2 Å². The topological polar surface area (TPSA) is 94.2 Å². The number of ether oxygens (including phenoxy) is 3. The molecule has 0 fully saturated rings. The van der Waals surface area contributed by atoms with Gasteiger partial charge in [0.05, 0.1) is 31.4 Å². The quantitative estimate of drug-likeness (QED) is 0.379. The summed E-state index contributed by atoms with van der Waals surface area (Å²) in [6, 6.07) is 11.0. The molecule has 2 aromatic carbocycles. The van der Waals surface area contributed by atoms with Crippen molar-refractivity contribution in [3.8, 4) is 17.2 Å². The number of rotatable bonds is 15. The fourth-order valence-corrected chi connectivity index (χ4v) is 5.12. The molecule has 0 aliphatic rings. The number of unbranched alkanes of at least 4 members (excludes halogenated alkanes) is 1. The highest BCUT2D eigenvalue weighted by Crippen LogP contribution is 2.32. The molecule has 0 radical (unpaired) electrons. The Hall–Kier alpha value is -2.94. The monoisotopic (exact) mass is 506 g/mol. The van der Waals surface area contributed by atoms with Crippen LogP contribution in [-0.2, 0) is 14.8 Å². The third-order valence-electron chi connectivity index (χ3n) is 5.80. The second-order valence-electron chi connectivity index (χ2n) is 8.18. The van der Waals surface area contributed by atoms with E-state index in [4.69, 9.17) is 14.2 Å². The summed E-state index contributed by atoms with van der Waals surface area (Å²) in [5, 5.41) is 2.92. The van der Waals surface area contributed by atoms with Gasteiger partial charge in [0.15, 0.2) is 11.5 Å². The lowest BCUT2D eigenvalue weighted by Gasteiger charge is -2.25. The van der Waals surface area contributed by atoms with Crippen LogP contribution in [0.25, 0.3) is 0 Å². The van der Waals surface area contributed by atoms with Gasteiger partial charge in [-0.1, -0.05) is 33.1 Å². The summed E-state index contributed by atoms with van der Waals surface area (Å²) >= 11 is 0. The van der Waals surface area contributed by atoms with E-state index in [0.717, 1.165) is 30.0 Å². The molecular weight excluding hydrogens is 468 g/mol. The van der Waals surface area contributed by atoms with Crippen LogP contribution >= 0.6 is 0 Å². The molecule has 9 heteroatoms. The van der Waals surface area contributed by atoms with Gasteiger partial charge in [-0.2, -0.15) is 0 Å². The van der Waals surface area contributed by atoms with Crippen molar-refractivity contribution in [2.75, 3.05) is 38.2 Å². The van der Waals surface area contributed by atoms with E-state index < -0.39 is 10.0 Å². The number of methoxy groups -OCH3 is 2. The first-order valence-corrected chi connectivity index (χ1v) is 13.5. The number of sulfonamides is 1.